The Kier molecular flexibility index (Phi) is 13.1. The molecule has 4 rings (SSSR count). The summed E-state index contributed by atoms with van der Waals surface area (Å²) in [4.78, 5) is 50.5. The number of fused-ring (bicyclic) bond motifs is 5. The minimum absolute atomic E-state index is 0.0856. The number of hydrogen-bond donors (Lipinski definition) is 4. The molecule has 47 heavy (non-hydrogen) atoms. The number of carboxylic acid groups (broad SMARTS) is 1. The first-order chi connectivity index (χ1) is 22.4. The van der Waals surface area contributed by atoms with Crippen LogP contribution in [0, 0.1) is 46.3 Å². The summed E-state index contributed by atoms with van der Waals surface area (Å²) >= 11 is 0. The number of ether oxygens (including phenoxy) is 3. The molecule has 268 valence electrons. The van der Waals surface area contributed by atoms with Gasteiger partial charge in [-0.25, -0.2) is 0 Å². The number of carbonyl (C=O) groups is 4. The number of carboxylic acids is 1. The van der Waals surface area contributed by atoms with E-state index in [1.54, 1.807) is 0 Å². The van der Waals surface area contributed by atoms with Crippen LogP contribution in [0.25, 0.3) is 0 Å². The molecule has 11 heteroatoms. The molecule has 0 aromatic rings. The van der Waals surface area contributed by atoms with Gasteiger partial charge in [0.1, 0.15) is 18.3 Å². The van der Waals surface area contributed by atoms with Gasteiger partial charge in [-0.2, -0.15) is 0 Å². The number of esters is 3. The van der Waals surface area contributed by atoms with E-state index in [2.05, 4.69) is 20.8 Å². The van der Waals surface area contributed by atoms with Crippen molar-refractivity contribution >= 4 is 23.9 Å². The van der Waals surface area contributed by atoms with Crippen LogP contribution in [0.1, 0.15) is 117 Å². The van der Waals surface area contributed by atoms with E-state index >= 15 is 0 Å². The summed E-state index contributed by atoms with van der Waals surface area (Å²) in [6.45, 7) is 8.01. The number of hydrogen-bond acceptors (Lipinski definition) is 10. The fourth-order valence-corrected chi connectivity index (χ4v) is 10.4. The monoisotopic (exact) mass is 663 g/mol. The van der Waals surface area contributed by atoms with Crippen molar-refractivity contribution in [3.05, 3.63) is 0 Å². The molecule has 0 heterocycles. The van der Waals surface area contributed by atoms with Gasteiger partial charge in [0.25, 0.3) is 0 Å². The molecule has 0 spiro atoms. The van der Waals surface area contributed by atoms with Crippen LogP contribution in [0.15, 0.2) is 0 Å². The van der Waals surface area contributed by atoms with Gasteiger partial charge >= 0.3 is 23.9 Å². The third-order valence-electron chi connectivity index (χ3n) is 12.9. The SMILES string of the molecule is C[C@H](CCC(=O)O)C1CC[C@H]2C3[C@H](OC(=O)CCCN)CC4C[C@H](OC(=O)CCCN)CCC4(C)[C@H]3C[C@H](OC(=O)CCCN)C12C. The zero-order valence-electron chi connectivity index (χ0n) is 29.0. The Balaban J connectivity index is 1.69. The smallest absolute Gasteiger partial charge is 0.306 e. The average Bonchev–Trinajstić information content (AvgIpc) is 3.39. The molecule has 4 aliphatic rings. The molecule has 0 saturated heterocycles. The van der Waals surface area contributed by atoms with Gasteiger partial charge in [0.2, 0.25) is 0 Å². The maximum Gasteiger partial charge on any atom is 0.306 e. The zero-order chi connectivity index (χ0) is 34.4. The van der Waals surface area contributed by atoms with E-state index in [-0.39, 0.29) is 96.4 Å². The Hall–Kier alpha value is -2.24. The molecule has 11 atom stereocenters. The normalized spacial score (nSPS) is 36.7. The zero-order valence-corrected chi connectivity index (χ0v) is 29.0. The maximum absolute atomic E-state index is 13.3. The average molecular weight is 664 g/mol. The van der Waals surface area contributed by atoms with Gasteiger partial charge in [0.15, 0.2) is 0 Å². The lowest BCUT2D eigenvalue weighted by molar-refractivity contribution is -0.226. The number of carbonyl (C=O) groups excluding carboxylic acids is 3. The van der Waals surface area contributed by atoms with Gasteiger partial charge in [0, 0.05) is 37.0 Å². The van der Waals surface area contributed by atoms with Crippen LogP contribution in [0.3, 0.4) is 0 Å². The molecule has 4 aliphatic carbocycles. The maximum atomic E-state index is 13.3. The Morgan fingerprint density at radius 3 is 1.96 bits per heavy atom. The van der Waals surface area contributed by atoms with Crippen LogP contribution in [-0.2, 0) is 33.4 Å². The Morgan fingerprint density at radius 1 is 0.766 bits per heavy atom. The summed E-state index contributed by atoms with van der Waals surface area (Å²) in [7, 11) is 0. The van der Waals surface area contributed by atoms with Gasteiger partial charge in [-0.05, 0) is 125 Å². The fraction of sp³-hybridized carbons (Fsp3) is 0.889. The quantitative estimate of drug-likeness (QED) is 0.136. The van der Waals surface area contributed by atoms with E-state index in [0.717, 1.165) is 25.7 Å². The highest BCUT2D eigenvalue weighted by Crippen LogP contribution is 2.69. The first kappa shape index (κ1) is 37.6. The Morgan fingerprint density at radius 2 is 1.36 bits per heavy atom. The summed E-state index contributed by atoms with van der Waals surface area (Å²) in [5, 5.41) is 9.46. The second-order valence-electron chi connectivity index (χ2n) is 15.5. The number of aliphatic carboxylic acids is 1. The second-order valence-corrected chi connectivity index (χ2v) is 15.5. The summed E-state index contributed by atoms with van der Waals surface area (Å²) < 4.78 is 18.8. The highest BCUT2D eigenvalue weighted by molar-refractivity contribution is 5.70. The fourth-order valence-electron chi connectivity index (χ4n) is 10.4. The van der Waals surface area contributed by atoms with Crippen LogP contribution in [0.5, 0.6) is 0 Å². The molecular weight excluding hydrogens is 602 g/mol. The molecule has 0 aromatic carbocycles. The highest BCUT2D eigenvalue weighted by Gasteiger charge is 2.67. The van der Waals surface area contributed by atoms with Crippen LogP contribution >= 0.6 is 0 Å². The van der Waals surface area contributed by atoms with Crippen LogP contribution < -0.4 is 17.2 Å². The van der Waals surface area contributed by atoms with Crippen molar-refractivity contribution in [2.75, 3.05) is 19.6 Å². The predicted molar refractivity (Wildman–Crippen MR) is 177 cm³/mol. The number of rotatable bonds is 16. The summed E-state index contributed by atoms with van der Waals surface area (Å²) in [6.07, 6.45) is 7.94. The summed E-state index contributed by atoms with van der Waals surface area (Å²) in [6, 6.07) is 0. The predicted octanol–water partition coefficient (Wildman–Crippen LogP) is 4.32. The summed E-state index contributed by atoms with van der Waals surface area (Å²) in [5.74, 6) is -0.654. The molecule has 11 nitrogen and oxygen atoms in total. The van der Waals surface area contributed by atoms with E-state index in [0.29, 0.717) is 71.0 Å². The lowest BCUT2D eigenvalue weighted by Gasteiger charge is -2.64. The van der Waals surface area contributed by atoms with Crippen molar-refractivity contribution in [2.45, 2.75) is 135 Å². The van der Waals surface area contributed by atoms with Crippen LogP contribution in [0.4, 0.5) is 0 Å². The standard InChI is InChI=1S/C36H61N3O8/c1-22(10-13-30(40)41)25-11-12-26-34-27(21-29(36(25,26)3)47-33(44)9-6-18-39)35(2)15-14-24(45-31(42)7-4-16-37)19-23(35)20-28(34)46-32(43)8-5-17-38/h22-29,34H,4-21,37-39H2,1-3H3,(H,40,41)/t22-,23?,24-,25?,26+,27+,28-,29+,34?,35?,36?/m1/s1. The van der Waals surface area contributed by atoms with Gasteiger partial charge in [0.05, 0.1) is 0 Å². The van der Waals surface area contributed by atoms with E-state index in [9.17, 15) is 24.3 Å². The van der Waals surface area contributed by atoms with Gasteiger partial charge < -0.3 is 36.5 Å². The molecule has 4 saturated carbocycles. The summed E-state index contributed by atoms with van der Waals surface area (Å²) in [5.41, 5.74) is 16.6. The molecule has 0 aliphatic heterocycles. The molecule has 0 aromatic heterocycles. The highest BCUT2D eigenvalue weighted by atomic mass is 16.6. The molecule has 0 amide bonds. The van der Waals surface area contributed by atoms with Gasteiger partial charge in [-0.3, -0.25) is 19.2 Å². The Labute approximate surface area is 280 Å². The third-order valence-corrected chi connectivity index (χ3v) is 12.9. The van der Waals surface area contributed by atoms with Crippen LogP contribution in [0.2, 0.25) is 0 Å². The van der Waals surface area contributed by atoms with E-state index in [4.69, 9.17) is 31.4 Å². The minimum atomic E-state index is -0.804. The van der Waals surface area contributed by atoms with Crippen LogP contribution in [-0.4, -0.2) is 66.9 Å². The minimum Gasteiger partial charge on any atom is -0.481 e. The number of nitrogens with two attached hydrogens (primary N) is 3. The first-order valence-electron chi connectivity index (χ1n) is 18.3. The van der Waals surface area contributed by atoms with Crippen molar-refractivity contribution in [1.29, 1.82) is 0 Å². The van der Waals surface area contributed by atoms with Crippen molar-refractivity contribution in [1.82, 2.24) is 0 Å². The van der Waals surface area contributed by atoms with E-state index < -0.39 is 11.4 Å². The second kappa shape index (κ2) is 16.4. The van der Waals surface area contributed by atoms with E-state index in [1.807, 2.05) is 0 Å². The van der Waals surface area contributed by atoms with E-state index in [1.165, 1.54) is 0 Å². The first-order valence-corrected chi connectivity index (χ1v) is 18.3. The topological polar surface area (TPSA) is 194 Å². The van der Waals surface area contributed by atoms with Crippen molar-refractivity contribution in [2.24, 2.45) is 63.5 Å². The van der Waals surface area contributed by atoms with Gasteiger partial charge in [-0.15, -0.1) is 0 Å². The third kappa shape index (κ3) is 8.32. The van der Waals surface area contributed by atoms with Crippen molar-refractivity contribution < 1.29 is 38.5 Å². The molecular formula is C36H61N3O8. The van der Waals surface area contributed by atoms with Crippen molar-refractivity contribution in [3.8, 4) is 0 Å². The molecule has 4 fully saturated rings. The molecule has 7 N–H and O–H groups in total. The lowest BCUT2D eigenvalue weighted by Crippen LogP contribution is -2.63. The van der Waals surface area contributed by atoms with Gasteiger partial charge in [-0.1, -0.05) is 20.8 Å². The Bertz CT molecular complexity index is 1100. The largest absolute Gasteiger partial charge is 0.481 e. The van der Waals surface area contributed by atoms with Crippen molar-refractivity contribution in [3.63, 3.8) is 0 Å². The molecule has 5 unspecified atom stereocenters. The lowest BCUT2D eigenvalue weighted by atomic mass is 9.43. The molecule has 0 radical (unpaired) electrons. The molecule has 0 bridgehead atoms.